The molecule has 0 aromatic heterocycles. The quantitative estimate of drug-likeness (QED) is 0.587. The minimum Gasteiger partial charge on any atom is -0.504 e. The van der Waals surface area contributed by atoms with Crippen LogP contribution < -0.4 is 5.32 Å². The second-order valence-corrected chi connectivity index (χ2v) is 5.18. The fourth-order valence-corrected chi connectivity index (χ4v) is 2.13. The second kappa shape index (κ2) is 7.31. The zero-order chi connectivity index (χ0) is 15.9. The molecule has 0 aliphatic heterocycles. The molecule has 4 nitrogen and oxygen atoms in total. The van der Waals surface area contributed by atoms with Gasteiger partial charge in [-0.05, 0) is 42.7 Å². The van der Waals surface area contributed by atoms with Gasteiger partial charge in [-0.15, -0.1) is 0 Å². The van der Waals surface area contributed by atoms with E-state index in [2.05, 4.69) is 5.32 Å². The number of benzene rings is 2. The van der Waals surface area contributed by atoms with Crippen molar-refractivity contribution in [2.24, 2.45) is 0 Å². The van der Waals surface area contributed by atoms with Gasteiger partial charge in [0.05, 0.1) is 0 Å². The molecule has 0 radical (unpaired) electrons. The summed E-state index contributed by atoms with van der Waals surface area (Å²) in [6.07, 6.45) is 3.76. The van der Waals surface area contributed by atoms with Crippen LogP contribution in [0.3, 0.4) is 0 Å². The molecule has 0 aliphatic rings. The highest BCUT2D eigenvalue weighted by Gasteiger charge is 2.05. The Labute approximate surface area is 129 Å². The van der Waals surface area contributed by atoms with Crippen molar-refractivity contribution in [2.45, 2.75) is 19.4 Å². The smallest absolute Gasteiger partial charge is 0.244 e. The van der Waals surface area contributed by atoms with Crippen LogP contribution in [0.2, 0.25) is 0 Å². The summed E-state index contributed by atoms with van der Waals surface area (Å²) in [7, 11) is 0. The first kappa shape index (κ1) is 15.6. The van der Waals surface area contributed by atoms with Crippen molar-refractivity contribution in [2.75, 3.05) is 0 Å². The molecule has 2 rings (SSSR count). The third-order valence-corrected chi connectivity index (χ3v) is 3.20. The molecule has 1 unspecified atom stereocenters. The van der Waals surface area contributed by atoms with E-state index in [9.17, 15) is 15.0 Å². The van der Waals surface area contributed by atoms with E-state index >= 15 is 0 Å². The summed E-state index contributed by atoms with van der Waals surface area (Å²) in [4.78, 5) is 11.9. The number of nitrogens with one attached hydrogen (secondary N) is 1. The lowest BCUT2D eigenvalue weighted by atomic mass is 10.1. The minimum absolute atomic E-state index is 0.0211. The fourth-order valence-electron chi connectivity index (χ4n) is 2.13. The van der Waals surface area contributed by atoms with Crippen LogP contribution in [-0.4, -0.2) is 22.2 Å². The fraction of sp³-hybridized carbons (Fsp3) is 0.167. The van der Waals surface area contributed by atoms with E-state index in [4.69, 9.17) is 0 Å². The normalized spacial score (nSPS) is 12.2. The number of aromatic hydroxyl groups is 2. The molecule has 0 saturated heterocycles. The van der Waals surface area contributed by atoms with Crippen LogP contribution >= 0.6 is 0 Å². The predicted molar refractivity (Wildman–Crippen MR) is 86.6 cm³/mol. The molecule has 1 atom stereocenters. The lowest BCUT2D eigenvalue weighted by Crippen LogP contribution is -2.32. The van der Waals surface area contributed by atoms with E-state index in [-0.39, 0.29) is 23.4 Å². The van der Waals surface area contributed by atoms with Crippen LogP contribution in [0.25, 0.3) is 6.08 Å². The zero-order valence-electron chi connectivity index (χ0n) is 12.4. The standard InChI is InChI=1S/C18H19NO3/c1-13(11-14-5-3-2-4-6-14)19-18(22)10-8-15-7-9-16(20)17(21)12-15/h2-10,12-13,20-21H,11H2,1H3,(H,19,22)/b10-8+. The molecular weight excluding hydrogens is 278 g/mol. The molecule has 2 aromatic rings. The largest absolute Gasteiger partial charge is 0.504 e. The summed E-state index contributed by atoms with van der Waals surface area (Å²) in [6.45, 7) is 1.95. The maximum atomic E-state index is 11.9. The Kier molecular flexibility index (Phi) is 5.20. The molecule has 0 heterocycles. The van der Waals surface area contributed by atoms with Gasteiger partial charge in [0.1, 0.15) is 0 Å². The molecule has 4 heteroatoms. The van der Waals surface area contributed by atoms with Crippen molar-refractivity contribution >= 4 is 12.0 Å². The predicted octanol–water partition coefficient (Wildman–Crippen LogP) is 2.86. The highest BCUT2D eigenvalue weighted by molar-refractivity contribution is 5.92. The highest BCUT2D eigenvalue weighted by atomic mass is 16.3. The average molecular weight is 297 g/mol. The number of carbonyl (C=O) groups excluding carboxylic acids is 1. The SMILES string of the molecule is CC(Cc1ccccc1)NC(=O)/C=C/c1ccc(O)c(O)c1. The van der Waals surface area contributed by atoms with Crippen molar-refractivity contribution < 1.29 is 15.0 Å². The Bertz CT molecular complexity index is 665. The number of phenolic OH excluding ortho intramolecular Hbond substituents is 2. The van der Waals surface area contributed by atoms with Crippen LogP contribution in [-0.2, 0) is 11.2 Å². The van der Waals surface area contributed by atoms with Crippen molar-refractivity contribution in [1.29, 1.82) is 0 Å². The molecule has 1 amide bonds. The molecule has 0 aliphatic carbocycles. The van der Waals surface area contributed by atoms with Gasteiger partial charge in [0, 0.05) is 12.1 Å². The molecule has 0 fully saturated rings. The summed E-state index contributed by atoms with van der Waals surface area (Å²) in [5.41, 5.74) is 1.81. The van der Waals surface area contributed by atoms with Gasteiger partial charge >= 0.3 is 0 Å². The monoisotopic (exact) mass is 297 g/mol. The van der Waals surface area contributed by atoms with Gasteiger partial charge in [-0.25, -0.2) is 0 Å². The van der Waals surface area contributed by atoms with E-state index in [1.165, 1.54) is 23.8 Å². The number of amides is 1. The van der Waals surface area contributed by atoms with Gasteiger partial charge in [-0.2, -0.15) is 0 Å². The van der Waals surface area contributed by atoms with E-state index in [1.807, 2.05) is 37.3 Å². The van der Waals surface area contributed by atoms with Crippen LogP contribution in [0.5, 0.6) is 11.5 Å². The van der Waals surface area contributed by atoms with Gasteiger partial charge in [0.2, 0.25) is 5.91 Å². The second-order valence-electron chi connectivity index (χ2n) is 5.18. The van der Waals surface area contributed by atoms with Gasteiger partial charge in [-0.1, -0.05) is 36.4 Å². The van der Waals surface area contributed by atoms with E-state index in [0.29, 0.717) is 5.56 Å². The van der Waals surface area contributed by atoms with Crippen LogP contribution in [0.15, 0.2) is 54.6 Å². The summed E-state index contributed by atoms with van der Waals surface area (Å²) in [6, 6.07) is 14.4. The highest BCUT2D eigenvalue weighted by Crippen LogP contribution is 2.25. The number of rotatable bonds is 5. The number of carbonyl (C=O) groups is 1. The molecular formula is C18H19NO3. The summed E-state index contributed by atoms with van der Waals surface area (Å²) in [5, 5.41) is 21.5. The summed E-state index contributed by atoms with van der Waals surface area (Å²) >= 11 is 0. The Balaban J connectivity index is 1.89. The third kappa shape index (κ3) is 4.66. The minimum atomic E-state index is -0.208. The topological polar surface area (TPSA) is 69.6 Å². The average Bonchev–Trinajstić information content (AvgIpc) is 2.49. The molecule has 22 heavy (non-hydrogen) atoms. The Morgan fingerprint density at radius 2 is 1.86 bits per heavy atom. The molecule has 2 aromatic carbocycles. The first-order valence-electron chi connectivity index (χ1n) is 7.09. The van der Waals surface area contributed by atoms with Gasteiger partial charge in [-0.3, -0.25) is 4.79 Å². The summed E-state index contributed by atoms with van der Waals surface area (Å²) < 4.78 is 0. The van der Waals surface area contributed by atoms with Gasteiger partial charge < -0.3 is 15.5 Å². The Hall–Kier alpha value is -2.75. The van der Waals surface area contributed by atoms with E-state index in [1.54, 1.807) is 12.1 Å². The first-order valence-corrected chi connectivity index (χ1v) is 7.09. The molecule has 0 saturated carbocycles. The lowest BCUT2D eigenvalue weighted by Gasteiger charge is -2.12. The van der Waals surface area contributed by atoms with Crippen LogP contribution in [0.4, 0.5) is 0 Å². The maximum absolute atomic E-state index is 11.9. The maximum Gasteiger partial charge on any atom is 0.244 e. The Morgan fingerprint density at radius 1 is 1.14 bits per heavy atom. The van der Waals surface area contributed by atoms with E-state index < -0.39 is 0 Å². The van der Waals surface area contributed by atoms with E-state index in [0.717, 1.165) is 6.42 Å². The number of hydrogen-bond acceptors (Lipinski definition) is 3. The van der Waals surface area contributed by atoms with Gasteiger partial charge in [0.25, 0.3) is 0 Å². The Morgan fingerprint density at radius 3 is 2.55 bits per heavy atom. The number of phenols is 2. The van der Waals surface area contributed by atoms with Crippen molar-refractivity contribution in [3.8, 4) is 11.5 Å². The molecule has 0 spiro atoms. The van der Waals surface area contributed by atoms with Crippen molar-refractivity contribution in [3.63, 3.8) is 0 Å². The zero-order valence-corrected chi connectivity index (χ0v) is 12.4. The molecule has 114 valence electrons. The third-order valence-electron chi connectivity index (χ3n) is 3.20. The summed E-state index contributed by atoms with van der Waals surface area (Å²) in [5.74, 6) is -0.589. The lowest BCUT2D eigenvalue weighted by molar-refractivity contribution is -0.117. The molecule has 0 bridgehead atoms. The van der Waals surface area contributed by atoms with Crippen LogP contribution in [0, 0.1) is 0 Å². The van der Waals surface area contributed by atoms with Gasteiger partial charge in [0.15, 0.2) is 11.5 Å². The number of hydrogen-bond donors (Lipinski definition) is 3. The van der Waals surface area contributed by atoms with Crippen LogP contribution in [0.1, 0.15) is 18.1 Å². The molecule has 3 N–H and O–H groups in total. The van der Waals surface area contributed by atoms with Crippen molar-refractivity contribution in [1.82, 2.24) is 5.32 Å². The van der Waals surface area contributed by atoms with Crippen molar-refractivity contribution in [3.05, 3.63) is 65.7 Å². The first-order chi connectivity index (χ1) is 10.5.